The van der Waals surface area contributed by atoms with Crippen molar-refractivity contribution >= 4 is 17.8 Å². The third-order valence-electron chi connectivity index (χ3n) is 7.92. The lowest BCUT2D eigenvalue weighted by Crippen LogP contribution is -2.38. The van der Waals surface area contributed by atoms with Crippen LogP contribution in [0.2, 0.25) is 0 Å². The Balaban J connectivity index is 1.31. The number of carbonyl (C=O) groups is 1. The number of hydrogen-bond acceptors (Lipinski definition) is 9. The molecule has 47 heavy (non-hydrogen) atoms. The number of aromatic nitrogens is 4. The largest absolute Gasteiger partial charge is 0.508 e. The third-order valence-corrected chi connectivity index (χ3v) is 8.93. The highest BCUT2D eigenvalue weighted by Crippen LogP contribution is 2.48. The standard InChI is InChI=1S/C35H36N6O5S/c1-2-36-34(44)37-20-23-8-14-27(15-9-23)33-45-30(22-47-35-38-39-40-41(35)28-16-18-29(43)19-17-28)31(25-6-4-3-5-7-25)32(46-33)26-12-10-24(21-42)11-13-26/h3-19,30-33,42-43H,2,20-22H2,1H3,(H2,36,37,44). The fraction of sp³-hybridized carbons (Fsp3) is 0.257. The number of phenolic OH excluding ortho intramolecular Hbond substituents is 1. The maximum atomic E-state index is 11.9. The lowest BCUT2D eigenvalue weighted by atomic mass is 9.84. The quantitative estimate of drug-likeness (QED) is 0.138. The van der Waals surface area contributed by atoms with E-state index in [9.17, 15) is 15.0 Å². The minimum Gasteiger partial charge on any atom is -0.508 e. The molecular weight excluding hydrogens is 616 g/mol. The molecule has 0 saturated carbocycles. The van der Waals surface area contributed by atoms with Gasteiger partial charge in [0.05, 0.1) is 24.5 Å². The molecular formula is C35H36N6O5S. The number of aromatic hydroxyl groups is 1. The lowest BCUT2D eigenvalue weighted by Gasteiger charge is -2.43. The summed E-state index contributed by atoms with van der Waals surface area (Å²) in [6, 6.07) is 32.3. The maximum absolute atomic E-state index is 11.9. The van der Waals surface area contributed by atoms with Crippen LogP contribution in [-0.2, 0) is 22.6 Å². The fourth-order valence-corrected chi connectivity index (χ4v) is 6.49. The molecule has 1 aromatic heterocycles. The molecule has 2 amide bonds. The molecule has 4 N–H and O–H groups in total. The summed E-state index contributed by atoms with van der Waals surface area (Å²) < 4.78 is 15.2. The van der Waals surface area contributed by atoms with Gasteiger partial charge in [-0.15, -0.1) is 5.10 Å². The van der Waals surface area contributed by atoms with E-state index < -0.39 is 6.29 Å². The van der Waals surface area contributed by atoms with Gasteiger partial charge < -0.3 is 30.3 Å². The minimum atomic E-state index is -0.679. The molecule has 1 fully saturated rings. The van der Waals surface area contributed by atoms with Crippen LogP contribution in [0.5, 0.6) is 5.75 Å². The number of ether oxygens (including phenoxy) is 2. The van der Waals surface area contributed by atoms with E-state index >= 15 is 0 Å². The topological polar surface area (TPSA) is 144 Å². The Labute approximate surface area is 276 Å². The van der Waals surface area contributed by atoms with E-state index in [2.05, 4.69) is 38.3 Å². The van der Waals surface area contributed by atoms with Crippen LogP contribution in [0.15, 0.2) is 108 Å². The number of urea groups is 1. The number of aliphatic hydroxyl groups is 1. The van der Waals surface area contributed by atoms with E-state index in [1.807, 2.05) is 73.7 Å². The van der Waals surface area contributed by atoms with Gasteiger partial charge in [-0.2, -0.15) is 4.68 Å². The number of carbonyl (C=O) groups excluding carboxylic acids is 1. The molecule has 5 aromatic rings. The van der Waals surface area contributed by atoms with E-state index in [0.717, 1.165) is 33.5 Å². The van der Waals surface area contributed by atoms with E-state index in [-0.39, 0.29) is 36.5 Å². The number of tetrazole rings is 1. The van der Waals surface area contributed by atoms with E-state index in [1.165, 1.54) is 11.8 Å². The van der Waals surface area contributed by atoms with Crippen molar-refractivity contribution in [2.45, 2.75) is 49.6 Å². The second kappa shape index (κ2) is 15.2. The summed E-state index contributed by atoms with van der Waals surface area (Å²) in [6.45, 7) is 2.78. The number of rotatable bonds is 11. The van der Waals surface area contributed by atoms with Crippen LogP contribution >= 0.6 is 11.8 Å². The maximum Gasteiger partial charge on any atom is 0.315 e. The lowest BCUT2D eigenvalue weighted by molar-refractivity contribution is -0.255. The zero-order chi connectivity index (χ0) is 32.6. The molecule has 4 aromatic carbocycles. The second-order valence-electron chi connectivity index (χ2n) is 11.1. The Hall–Kier alpha value is -4.75. The predicted octanol–water partition coefficient (Wildman–Crippen LogP) is 5.41. The van der Waals surface area contributed by atoms with Gasteiger partial charge in [0.2, 0.25) is 5.16 Å². The van der Waals surface area contributed by atoms with Gasteiger partial charge in [-0.25, -0.2) is 4.79 Å². The normalized spacial score (nSPS) is 19.3. The molecule has 0 spiro atoms. The van der Waals surface area contributed by atoms with Crippen molar-refractivity contribution in [3.63, 3.8) is 0 Å². The summed E-state index contributed by atoms with van der Waals surface area (Å²) in [4.78, 5) is 11.9. The summed E-state index contributed by atoms with van der Waals surface area (Å²) in [7, 11) is 0. The van der Waals surface area contributed by atoms with Crippen molar-refractivity contribution in [3.8, 4) is 11.4 Å². The number of hydrogen-bond donors (Lipinski definition) is 4. The number of amides is 2. The highest BCUT2D eigenvalue weighted by Gasteiger charge is 2.42. The van der Waals surface area contributed by atoms with Crippen LogP contribution in [0, 0.1) is 0 Å². The van der Waals surface area contributed by atoms with Gasteiger partial charge in [-0.05, 0) is 63.9 Å². The molecule has 2 heterocycles. The predicted molar refractivity (Wildman–Crippen MR) is 177 cm³/mol. The van der Waals surface area contributed by atoms with Crippen molar-refractivity contribution in [3.05, 3.63) is 131 Å². The monoisotopic (exact) mass is 652 g/mol. The van der Waals surface area contributed by atoms with Gasteiger partial charge >= 0.3 is 6.03 Å². The molecule has 4 unspecified atom stereocenters. The molecule has 11 nitrogen and oxygen atoms in total. The highest BCUT2D eigenvalue weighted by atomic mass is 32.2. The molecule has 4 atom stereocenters. The van der Waals surface area contributed by atoms with Gasteiger partial charge in [-0.1, -0.05) is 90.6 Å². The highest BCUT2D eigenvalue weighted by molar-refractivity contribution is 7.99. The third kappa shape index (κ3) is 7.80. The Kier molecular flexibility index (Phi) is 10.4. The van der Waals surface area contributed by atoms with Crippen LogP contribution in [0.3, 0.4) is 0 Å². The average Bonchev–Trinajstić information content (AvgIpc) is 3.59. The fourth-order valence-electron chi connectivity index (χ4n) is 5.53. The smallest absolute Gasteiger partial charge is 0.315 e. The minimum absolute atomic E-state index is 0.0457. The Morgan fingerprint density at radius 3 is 2.26 bits per heavy atom. The zero-order valence-corrected chi connectivity index (χ0v) is 26.6. The number of benzene rings is 4. The van der Waals surface area contributed by atoms with Crippen molar-refractivity contribution in [1.29, 1.82) is 0 Å². The summed E-state index contributed by atoms with van der Waals surface area (Å²) in [5.41, 5.74) is 5.37. The van der Waals surface area contributed by atoms with E-state index in [0.29, 0.717) is 24.0 Å². The summed E-state index contributed by atoms with van der Waals surface area (Å²) in [5, 5.41) is 38.0. The molecule has 1 saturated heterocycles. The molecule has 12 heteroatoms. The zero-order valence-electron chi connectivity index (χ0n) is 25.8. The Morgan fingerprint density at radius 1 is 0.851 bits per heavy atom. The number of thioether (sulfide) groups is 1. The van der Waals surface area contributed by atoms with Crippen LogP contribution in [0.1, 0.15) is 53.1 Å². The molecule has 242 valence electrons. The van der Waals surface area contributed by atoms with Crippen LogP contribution in [0.25, 0.3) is 5.69 Å². The SMILES string of the molecule is CCNC(=O)NCc1ccc(C2OC(CSc3nnnn3-c3ccc(O)cc3)C(c3ccccc3)C(c3ccc(CO)cc3)O2)cc1. The average molecular weight is 653 g/mol. The first-order valence-corrected chi connectivity index (χ1v) is 16.4. The summed E-state index contributed by atoms with van der Waals surface area (Å²) in [6.07, 6.45) is -1.38. The molecule has 0 radical (unpaired) electrons. The van der Waals surface area contributed by atoms with Crippen LogP contribution in [-0.4, -0.2) is 54.9 Å². The van der Waals surface area contributed by atoms with Crippen molar-refractivity contribution in [2.24, 2.45) is 0 Å². The van der Waals surface area contributed by atoms with Crippen molar-refractivity contribution < 1.29 is 24.5 Å². The first-order valence-electron chi connectivity index (χ1n) is 15.4. The van der Waals surface area contributed by atoms with Crippen molar-refractivity contribution in [2.75, 3.05) is 12.3 Å². The van der Waals surface area contributed by atoms with Crippen LogP contribution < -0.4 is 10.6 Å². The summed E-state index contributed by atoms with van der Waals surface area (Å²) in [5.74, 6) is 0.490. The van der Waals surface area contributed by atoms with Gasteiger partial charge in [0.25, 0.3) is 0 Å². The molecule has 1 aliphatic rings. The number of nitrogens with zero attached hydrogens (tertiary/aromatic N) is 4. The molecule has 1 aliphatic heterocycles. The van der Waals surface area contributed by atoms with Gasteiger partial charge in [-0.3, -0.25) is 0 Å². The van der Waals surface area contributed by atoms with Gasteiger partial charge in [0.15, 0.2) is 6.29 Å². The Morgan fingerprint density at radius 2 is 1.55 bits per heavy atom. The van der Waals surface area contributed by atoms with Crippen molar-refractivity contribution in [1.82, 2.24) is 30.8 Å². The van der Waals surface area contributed by atoms with E-state index in [1.54, 1.807) is 28.9 Å². The number of aliphatic hydroxyl groups excluding tert-OH is 1. The number of nitrogens with one attached hydrogen (secondary N) is 2. The van der Waals surface area contributed by atoms with Crippen LogP contribution in [0.4, 0.5) is 4.79 Å². The Bertz CT molecular complexity index is 1740. The molecule has 6 rings (SSSR count). The number of phenols is 1. The second-order valence-corrected chi connectivity index (χ2v) is 12.0. The molecule has 0 aliphatic carbocycles. The van der Waals surface area contributed by atoms with E-state index in [4.69, 9.17) is 9.47 Å². The first-order chi connectivity index (χ1) is 23.0. The summed E-state index contributed by atoms with van der Waals surface area (Å²) >= 11 is 1.48. The van der Waals surface area contributed by atoms with Gasteiger partial charge in [0, 0.05) is 30.3 Å². The first kappa shape index (κ1) is 32.2. The van der Waals surface area contributed by atoms with Gasteiger partial charge in [0.1, 0.15) is 5.75 Å². The molecule has 0 bridgehead atoms.